The van der Waals surface area contributed by atoms with Crippen LogP contribution < -0.4 is 0 Å². The zero-order chi connectivity index (χ0) is 12.4. The third-order valence-electron chi connectivity index (χ3n) is 3.02. The quantitative estimate of drug-likeness (QED) is 0.612. The lowest BCUT2D eigenvalue weighted by Gasteiger charge is -2.07. The molecule has 0 aliphatic carbocycles. The second kappa shape index (κ2) is 4.88. The molecule has 4 heteroatoms. The Morgan fingerprint density at radius 3 is 3.00 bits per heavy atom. The summed E-state index contributed by atoms with van der Waals surface area (Å²) < 4.78 is 2.14. The Hall–Kier alpha value is -1.35. The standard InChI is InChI=1S/C13H16ClN3/c1-4-9(2)5-6-17-7-10(3)11-12(14)15-8-16-13(11)17/h4,7-9H,1,5-6H2,2-3H3/t9-/m0/s1. The molecule has 2 aromatic heterocycles. The van der Waals surface area contributed by atoms with Gasteiger partial charge in [-0.3, -0.25) is 0 Å². The van der Waals surface area contributed by atoms with Gasteiger partial charge in [-0.2, -0.15) is 0 Å². The Morgan fingerprint density at radius 2 is 2.29 bits per heavy atom. The summed E-state index contributed by atoms with van der Waals surface area (Å²) in [5.74, 6) is 0.505. The molecule has 0 fully saturated rings. The first kappa shape index (κ1) is 12.1. The van der Waals surface area contributed by atoms with Crippen molar-refractivity contribution in [1.29, 1.82) is 0 Å². The highest BCUT2D eigenvalue weighted by Gasteiger charge is 2.10. The van der Waals surface area contributed by atoms with E-state index in [-0.39, 0.29) is 0 Å². The fourth-order valence-electron chi connectivity index (χ4n) is 1.90. The number of allylic oxidation sites excluding steroid dienone is 1. The molecule has 0 saturated carbocycles. The molecule has 0 N–H and O–H groups in total. The van der Waals surface area contributed by atoms with Gasteiger partial charge in [-0.1, -0.05) is 24.6 Å². The first-order valence-electron chi connectivity index (χ1n) is 5.72. The van der Waals surface area contributed by atoms with Gasteiger partial charge in [-0.25, -0.2) is 9.97 Å². The van der Waals surface area contributed by atoms with Crippen molar-refractivity contribution in [2.24, 2.45) is 5.92 Å². The highest BCUT2D eigenvalue weighted by molar-refractivity contribution is 6.34. The SMILES string of the molecule is C=C[C@H](C)CCn1cc(C)c2c(Cl)ncnc21. The largest absolute Gasteiger partial charge is 0.332 e. The zero-order valence-electron chi connectivity index (χ0n) is 10.2. The minimum absolute atomic E-state index is 0.505. The lowest BCUT2D eigenvalue weighted by Crippen LogP contribution is -2.01. The van der Waals surface area contributed by atoms with E-state index in [9.17, 15) is 0 Å². The molecule has 2 rings (SSSR count). The Morgan fingerprint density at radius 1 is 1.53 bits per heavy atom. The van der Waals surface area contributed by atoms with Gasteiger partial charge >= 0.3 is 0 Å². The summed E-state index contributed by atoms with van der Waals surface area (Å²) in [7, 11) is 0. The molecule has 90 valence electrons. The molecule has 2 aromatic rings. The number of aryl methyl sites for hydroxylation is 2. The molecule has 0 radical (unpaired) electrons. The van der Waals surface area contributed by atoms with E-state index in [0.29, 0.717) is 11.1 Å². The van der Waals surface area contributed by atoms with Gasteiger partial charge < -0.3 is 4.57 Å². The van der Waals surface area contributed by atoms with Crippen LogP contribution in [0, 0.1) is 12.8 Å². The summed E-state index contributed by atoms with van der Waals surface area (Å²) >= 11 is 6.09. The monoisotopic (exact) mass is 249 g/mol. The highest BCUT2D eigenvalue weighted by atomic mass is 35.5. The summed E-state index contributed by atoms with van der Waals surface area (Å²) in [6.45, 7) is 8.91. The molecule has 3 nitrogen and oxygen atoms in total. The zero-order valence-corrected chi connectivity index (χ0v) is 10.9. The van der Waals surface area contributed by atoms with Crippen LogP contribution in [0.3, 0.4) is 0 Å². The number of halogens is 1. The van der Waals surface area contributed by atoms with E-state index in [1.807, 2.05) is 13.0 Å². The smallest absolute Gasteiger partial charge is 0.145 e. The molecular weight excluding hydrogens is 234 g/mol. The van der Waals surface area contributed by atoms with Crippen LogP contribution in [0.2, 0.25) is 5.15 Å². The van der Waals surface area contributed by atoms with E-state index in [4.69, 9.17) is 11.6 Å². The van der Waals surface area contributed by atoms with Crippen LogP contribution in [0.25, 0.3) is 11.0 Å². The maximum Gasteiger partial charge on any atom is 0.145 e. The van der Waals surface area contributed by atoms with Crippen molar-refractivity contribution in [2.75, 3.05) is 0 Å². The number of rotatable bonds is 4. The van der Waals surface area contributed by atoms with E-state index in [1.165, 1.54) is 6.33 Å². The van der Waals surface area contributed by atoms with E-state index < -0.39 is 0 Å². The molecule has 0 amide bonds. The summed E-state index contributed by atoms with van der Waals surface area (Å²) in [6.07, 6.45) is 6.62. The Balaban J connectivity index is 2.35. The fourth-order valence-corrected chi connectivity index (χ4v) is 2.18. The topological polar surface area (TPSA) is 30.7 Å². The summed E-state index contributed by atoms with van der Waals surface area (Å²) in [6, 6.07) is 0. The maximum atomic E-state index is 6.09. The highest BCUT2D eigenvalue weighted by Crippen LogP contribution is 2.25. The van der Waals surface area contributed by atoms with Crippen molar-refractivity contribution in [1.82, 2.24) is 14.5 Å². The fraction of sp³-hybridized carbons (Fsp3) is 0.385. The van der Waals surface area contributed by atoms with Crippen molar-refractivity contribution < 1.29 is 0 Å². The van der Waals surface area contributed by atoms with Gasteiger partial charge in [0.2, 0.25) is 0 Å². The van der Waals surface area contributed by atoms with E-state index in [2.05, 4.69) is 34.2 Å². The Bertz CT molecular complexity index is 545. The third-order valence-corrected chi connectivity index (χ3v) is 3.31. The van der Waals surface area contributed by atoms with Crippen LogP contribution in [0.4, 0.5) is 0 Å². The first-order chi connectivity index (χ1) is 8.13. The van der Waals surface area contributed by atoms with Crippen LogP contribution in [0.15, 0.2) is 25.2 Å². The molecule has 2 heterocycles. The maximum absolute atomic E-state index is 6.09. The van der Waals surface area contributed by atoms with E-state index in [0.717, 1.165) is 29.6 Å². The lowest BCUT2D eigenvalue weighted by molar-refractivity contribution is 0.564. The molecule has 17 heavy (non-hydrogen) atoms. The van der Waals surface area contributed by atoms with Crippen LogP contribution >= 0.6 is 11.6 Å². The van der Waals surface area contributed by atoms with Gasteiger partial charge in [0.05, 0.1) is 5.39 Å². The van der Waals surface area contributed by atoms with E-state index >= 15 is 0 Å². The number of hydrogen-bond acceptors (Lipinski definition) is 2. The van der Waals surface area contributed by atoms with Crippen molar-refractivity contribution in [3.8, 4) is 0 Å². The number of hydrogen-bond donors (Lipinski definition) is 0. The van der Waals surface area contributed by atoms with Crippen LogP contribution in [-0.4, -0.2) is 14.5 Å². The average Bonchev–Trinajstić information content (AvgIpc) is 2.64. The van der Waals surface area contributed by atoms with Gasteiger partial charge in [-0.15, -0.1) is 6.58 Å². The molecule has 0 unspecified atom stereocenters. The summed E-state index contributed by atoms with van der Waals surface area (Å²) in [5.41, 5.74) is 2.04. The minimum Gasteiger partial charge on any atom is -0.332 e. The van der Waals surface area contributed by atoms with Crippen LogP contribution in [0.1, 0.15) is 18.9 Å². The number of fused-ring (bicyclic) bond motifs is 1. The summed E-state index contributed by atoms with van der Waals surface area (Å²) in [4.78, 5) is 8.33. The van der Waals surface area contributed by atoms with Gasteiger partial charge in [0.25, 0.3) is 0 Å². The molecule has 0 spiro atoms. The van der Waals surface area contributed by atoms with E-state index in [1.54, 1.807) is 0 Å². The van der Waals surface area contributed by atoms with Gasteiger partial charge in [0.1, 0.15) is 17.1 Å². The molecule has 0 aliphatic heterocycles. The van der Waals surface area contributed by atoms with Crippen molar-refractivity contribution in [3.63, 3.8) is 0 Å². The minimum atomic E-state index is 0.505. The number of nitrogens with zero attached hydrogens (tertiary/aromatic N) is 3. The molecule has 0 saturated heterocycles. The van der Waals surface area contributed by atoms with Crippen molar-refractivity contribution >= 4 is 22.6 Å². The first-order valence-corrected chi connectivity index (χ1v) is 6.09. The molecule has 0 aliphatic rings. The Kier molecular flexibility index (Phi) is 3.48. The second-order valence-electron chi connectivity index (χ2n) is 4.37. The Labute approximate surface area is 106 Å². The predicted octanol–water partition coefficient (Wildman–Crippen LogP) is 3.61. The molecular formula is C13H16ClN3. The van der Waals surface area contributed by atoms with Gasteiger partial charge in [-0.05, 0) is 24.8 Å². The average molecular weight is 250 g/mol. The third kappa shape index (κ3) is 2.34. The molecule has 0 bridgehead atoms. The lowest BCUT2D eigenvalue weighted by atomic mass is 10.1. The van der Waals surface area contributed by atoms with Crippen molar-refractivity contribution in [2.45, 2.75) is 26.8 Å². The van der Waals surface area contributed by atoms with Gasteiger partial charge in [0.15, 0.2) is 0 Å². The number of aromatic nitrogens is 3. The van der Waals surface area contributed by atoms with Gasteiger partial charge in [0, 0.05) is 12.7 Å². The van der Waals surface area contributed by atoms with Crippen LogP contribution in [-0.2, 0) is 6.54 Å². The second-order valence-corrected chi connectivity index (χ2v) is 4.73. The predicted molar refractivity (Wildman–Crippen MR) is 71.3 cm³/mol. The molecule has 1 atom stereocenters. The molecule has 0 aromatic carbocycles. The van der Waals surface area contributed by atoms with Crippen molar-refractivity contribution in [3.05, 3.63) is 35.9 Å². The van der Waals surface area contributed by atoms with Crippen LogP contribution in [0.5, 0.6) is 0 Å². The summed E-state index contributed by atoms with van der Waals surface area (Å²) in [5, 5.41) is 1.49. The normalized spacial score (nSPS) is 12.9.